The number of hydrogen-bond donors (Lipinski definition) is 1. The molecular weight excluding hydrogens is 516 g/mol. The van der Waals surface area contributed by atoms with Crippen LogP contribution in [0, 0.1) is 0 Å². The van der Waals surface area contributed by atoms with Gasteiger partial charge in [0.1, 0.15) is 17.9 Å². The van der Waals surface area contributed by atoms with E-state index in [4.69, 9.17) is 18.9 Å². The molecule has 0 unspecified atom stereocenters. The molecule has 0 bridgehead atoms. The molecule has 1 N–H and O–H groups in total. The van der Waals surface area contributed by atoms with Gasteiger partial charge in [0.2, 0.25) is 0 Å². The number of ether oxygens (including phenoxy) is 4. The minimum Gasteiger partial charge on any atom is -0.483 e. The molecule has 0 aliphatic carbocycles. The number of carbonyl (C=O) groups is 3. The zero-order valence-corrected chi connectivity index (χ0v) is 23.1. The third kappa shape index (κ3) is 4.49. The van der Waals surface area contributed by atoms with Crippen molar-refractivity contribution in [2.24, 2.45) is 7.05 Å². The van der Waals surface area contributed by atoms with E-state index in [-0.39, 0.29) is 17.4 Å². The van der Waals surface area contributed by atoms with Gasteiger partial charge in [0.25, 0.3) is 0 Å². The number of rotatable bonds is 5. The van der Waals surface area contributed by atoms with Crippen LogP contribution in [0.4, 0.5) is 5.69 Å². The maximum absolute atomic E-state index is 14.2. The van der Waals surface area contributed by atoms with Gasteiger partial charge in [-0.05, 0) is 36.8 Å². The number of methoxy groups -OCH3 is 1. The number of hydrogen-bond acceptors (Lipinski definition) is 9. The lowest BCUT2D eigenvalue weighted by atomic mass is 9.86. The van der Waals surface area contributed by atoms with Crippen LogP contribution in [0.3, 0.4) is 0 Å². The molecule has 208 valence electrons. The summed E-state index contributed by atoms with van der Waals surface area (Å²) in [6, 6.07) is 13.1. The average Bonchev–Trinajstić information content (AvgIpc) is 2.90. The SMILES string of the molecule is COC(=O)CNc1cc2c(c3c1c(=O)c1cc4ccccc4cc1n3C)[C@@H](OC(C)=O)[C@@H](OC(C)=O)C(C)(C)O2. The third-order valence-corrected chi connectivity index (χ3v) is 7.19. The summed E-state index contributed by atoms with van der Waals surface area (Å²) in [7, 11) is 3.08. The first-order valence-corrected chi connectivity index (χ1v) is 12.8. The molecule has 10 heteroatoms. The summed E-state index contributed by atoms with van der Waals surface area (Å²) in [5, 5.41) is 5.58. The first kappa shape index (κ1) is 27.0. The van der Waals surface area contributed by atoms with Gasteiger partial charge in [-0.2, -0.15) is 0 Å². The van der Waals surface area contributed by atoms with E-state index in [1.807, 2.05) is 41.0 Å². The van der Waals surface area contributed by atoms with E-state index in [1.165, 1.54) is 21.0 Å². The molecule has 2 heterocycles. The predicted molar refractivity (Wildman–Crippen MR) is 149 cm³/mol. The molecule has 0 saturated carbocycles. The largest absolute Gasteiger partial charge is 0.483 e. The minimum atomic E-state index is -1.11. The van der Waals surface area contributed by atoms with E-state index >= 15 is 0 Å². The molecular formula is C30H30N2O8. The molecule has 0 amide bonds. The van der Waals surface area contributed by atoms with Crippen LogP contribution < -0.4 is 15.5 Å². The lowest BCUT2D eigenvalue weighted by Gasteiger charge is -2.43. The number of aromatic nitrogens is 1. The Kier molecular flexibility index (Phi) is 6.65. The second kappa shape index (κ2) is 9.86. The second-order valence-corrected chi connectivity index (χ2v) is 10.4. The summed E-state index contributed by atoms with van der Waals surface area (Å²) >= 11 is 0. The monoisotopic (exact) mass is 546 g/mol. The van der Waals surface area contributed by atoms with Gasteiger partial charge < -0.3 is 28.8 Å². The van der Waals surface area contributed by atoms with E-state index in [9.17, 15) is 19.2 Å². The summed E-state index contributed by atoms with van der Waals surface area (Å²) in [5.74, 6) is -1.38. The van der Waals surface area contributed by atoms with Gasteiger partial charge in [-0.1, -0.05) is 24.3 Å². The van der Waals surface area contributed by atoms with Gasteiger partial charge in [0, 0.05) is 32.3 Å². The Morgan fingerprint density at radius 1 is 1.02 bits per heavy atom. The molecule has 0 spiro atoms. The van der Waals surface area contributed by atoms with E-state index in [0.717, 1.165) is 10.8 Å². The molecule has 4 aromatic rings. The van der Waals surface area contributed by atoms with Crippen LogP contribution in [0.2, 0.25) is 0 Å². The molecule has 0 radical (unpaired) electrons. The Hall–Kier alpha value is -4.60. The smallest absolute Gasteiger partial charge is 0.325 e. The number of nitrogens with one attached hydrogen (secondary N) is 1. The minimum absolute atomic E-state index is 0.198. The normalized spacial score (nSPS) is 17.6. The van der Waals surface area contributed by atoms with E-state index in [2.05, 4.69) is 5.32 Å². The lowest BCUT2D eigenvalue weighted by molar-refractivity contribution is -0.187. The van der Waals surface area contributed by atoms with Gasteiger partial charge in [0.05, 0.1) is 34.8 Å². The highest BCUT2D eigenvalue weighted by atomic mass is 16.6. The van der Waals surface area contributed by atoms with Crippen LogP contribution in [0.25, 0.3) is 32.6 Å². The summed E-state index contributed by atoms with van der Waals surface area (Å²) in [5.41, 5.74) is 0.375. The van der Waals surface area contributed by atoms with E-state index in [0.29, 0.717) is 33.4 Å². The van der Waals surface area contributed by atoms with Gasteiger partial charge in [-0.3, -0.25) is 19.2 Å². The number of aryl methyl sites for hydroxylation is 1. The highest BCUT2D eigenvalue weighted by molar-refractivity contribution is 6.06. The van der Waals surface area contributed by atoms with Gasteiger partial charge in [0.15, 0.2) is 17.6 Å². The molecule has 40 heavy (non-hydrogen) atoms. The van der Waals surface area contributed by atoms with Crippen LogP contribution in [-0.2, 0) is 35.6 Å². The Morgan fingerprint density at radius 3 is 2.30 bits per heavy atom. The van der Waals surface area contributed by atoms with Gasteiger partial charge in [-0.15, -0.1) is 0 Å². The molecule has 1 aliphatic rings. The van der Waals surface area contributed by atoms with Crippen molar-refractivity contribution < 1.29 is 33.3 Å². The summed E-state index contributed by atoms with van der Waals surface area (Å²) < 4.78 is 24.5. The first-order chi connectivity index (χ1) is 18.9. The number of nitrogens with zero attached hydrogens (tertiary/aromatic N) is 1. The standard InChI is InChI=1S/C30H30N2O8/c1-15(33)38-28-25-22(40-30(3,4)29(28)39-16(2)34)13-20(31-14-23(35)37-6)24-26(25)32(5)21-12-18-10-8-7-9-17(18)11-19(21)27(24)36/h7-13,28-29,31H,14H2,1-6H3/t28-,29-/m1/s1. The molecule has 0 fully saturated rings. The van der Waals surface area contributed by atoms with E-state index in [1.54, 1.807) is 27.0 Å². The van der Waals surface area contributed by atoms with Crippen LogP contribution >= 0.6 is 0 Å². The third-order valence-electron chi connectivity index (χ3n) is 7.19. The molecule has 1 aliphatic heterocycles. The summed E-state index contributed by atoms with van der Waals surface area (Å²) in [4.78, 5) is 50.7. The molecule has 2 atom stereocenters. The second-order valence-electron chi connectivity index (χ2n) is 10.4. The highest BCUT2D eigenvalue weighted by Crippen LogP contribution is 2.48. The number of anilines is 1. The number of fused-ring (bicyclic) bond motifs is 5. The van der Waals surface area contributed by atoms with E-state index < -0.39 is 35.7 Å². The van der Waals surface area contributed by atoms with Crippen molar-refractivity contribution in [3.8, 4) is 5.75 Å². The van der Waals surface area contributed by atoms with Crippen molar-refractivity contribution in [2.75, 3.05) is 19.0 Å². The van der Waals surface area contributed by atoms with Crippen molar-refractivity contribution in [1.82, 2.24) is 4.57 Å². The number of pyridine rings is 1. The maximum atomic E-state index is 14.2. The maximum Gasteiger partial charge on any atom is 0.325 e. The molecule has 1 aromatic heterocycles. The Bertz CT molecular complexity index is 1770. The van der Waals surface area contributed by atoms with Crippen LogP contribution in [0.15, 0.2) is 47.3 Å². The Balaban J connectivity index is 1.93. The van der Waals surface area contributed by atoms with Gasteiger partial charge >= 0.3 is 17.9 Å². The molecule has 3 aromatic carbocycles. The van der Waals surface area contributed by atoms with Crippen molar-refractivity contribution >= 4 is 56.2 Å². The molecule has 5 rings (SSSR count). The van der Waals surface area contributed by atoms with Crippen LogP contribution in [0.1, 0.15) is 39.4 Å². The van der Waals surface area contributed by atoms with Crippen molar-refractivity contribution in [2.45, 2.75) is 45.5 Å². The number of carbonyl (C=O) groups excluding carboxylic acids is 3. The van der Waals surface area contributed by atoms with Crippen molar-refractivity contribution in [3.63, 3.8) is 0 Å². The Morgan fingerprint density at radius 2 is 1.68 bits per heavy atom. The van der Waals surface area contributed by atoms with Gasteiger partial charge in [-0.25, -0.2) is 0 Å². The Labute approximate surface area is 229 Å². The zero-order valence-electron chi connectivity index (χ0n) is 23.1. The number of benzene rings is 3. The fourth-order valence-electron chi connectivity index (χ4n) is 5.46. The zero-order chi connectivity index (χ0) is 28.9. The first-order valence-electron chi connectivity index (χ1n) is 12.8. The molecule has 0 saturated heterocycles. The quantitative estimate of drug-likeness (QED) is 0.224. The number of esters is 3. The fourth-order valence-corrected chi connectivity index (χ4v) is 5.46. The summed E-state index contributed by atoms with van der Waals surface area (Å²) in [6.45, 7) is 5.77. The fraction of sp³-hybridized carbons (Fsp3) is 0.333. The van der Waals surface area contributed by atoms with Crippen LogP contribution in [0.5, 0.6) is 5.75 Å². The van der Waals surface area contributed by atoms with Crippen molar-refractivity contribution in [3.05, 3.63) is 58.3 Å². The predicted octanol–water partition coefficient (Wildman–Crippen LogP) is 4.14. The average molecular weight is 547 g/mol. The lowest BCUT2D eigenvalue weighted by Crippen LogP contribution is -2.52. The van der Waals surface area contributed by atoms with Crippen LogP contribution in [-0.4, -0.2) is 47.8 Å². The highest BCUT2D eigenvalue weighted by Gasteiger charge is 2.50. The van der Waals surface area contributed by atoms with Crippen molar-refractivity contribution in [1.29, 1.82) is 0 Å². The topological polar surface area (TPSA) is 122 Å². The molecule has 10 nitrogen and oxygen atoms in total. The summed E-state index contributed by atoms with van der Waals surface area (Å²) in [6.07, 6.45) is -2.10.